The van der Waals surface area contributed by atoms with Gasteiger partial charge in [-0.15, -0.1) is 0 Å². The Hall–Kier alpha value is -1.56. The van der Waals surface area contributed by atoms with Crippen molar-refractivity contribution in [2.75, 3.05) is 18.4 Å². The van der Waals surface area contributed by atoms with Crippen molar-refractivity contribution in [1.82, 2.24) is 15.4 Å². The minimum absolute atomic E-state index is 0.263. The van der Waals surface area contributed by atoms with Crippen LogP contribution in [0.2, 0.25) is 0 Å². The van der Waals surface area contributed by atoms with E-state index in [1.807, 2.05) is 0 Å². The molecule has 0 aromatic carbocycles. The highest BCUT2D eigenvalue weighted by atomic mass is 16.5. The Morgan fingerprint density at radius 1 is 1.37 bits per heavy atom. The monoisotopic (exact) mass is 268 g/mol. The van der Waals surface area contributed by atoms with Crippen LogP contribution in [-0.2, 0) is 0 Å². The summed E-state index contributed by atoms with van der Waals surface area (Å²) in [7, 11) is 0. The van der Waals surface area contributed by atoms with E-state index < -0.39 is 0 Å². The molecular formula is C13H24N4O2. The zero-order valence-corrected chi connectivity index (χ0v) is 12.4. The average Bonchev–Trinajstić information content (AvgIpc) is 2.69. The van der Waals surface area contributed by atoms with E-state index in [2.05, 4.69) is 48.4 Å². The molecule has 0 spiro atoms. The van der Waals surface area contributed by atoms with Crippen LogP contribution in [0.4, 0.5) is 10.6 Å². The lowest BCUT2D eigenvalue weighted by Gasteiger charge is -2.30. The third-order valence-electron chi connectivity index (χ3n) is 2.85. The van der Waals surface area contributed by atoms with E-state index in [0.29, 0.717) is 30.2 Å². The van der Waals surface area contributed by atoms with E-state index >= 15 is 0 Å². The van der Waals surface area contributed by atoms with Gasteiger partial charge in [0, 0.05) is 31.2 Å². The number of hydrogen-bond acceptors (Lipinski definition) is 4. The van der Waals surface area contributed by atoms with Gasteiger partial charge in [-0.25, -0.2) is 4.79 Å². The smallest absolute Gasteiger partial charge is 0.320 e. The molecule has 0 aliphatic rings. The molecule has 0 unspecified atom stereocenters. The van der Waals surface area contributed by atoms with Crippen LogP contribution in [0.25, 0.3) is 0 Å². The molecule has 0 fully saturated rings. The van der Waals surface area contributed by atoms with Crippen molar-refractivity contribution in [2.45, 2.75) is 46.7 Å². The Morgan fingerprint density at radius 3 is 2.47 bits per heavy atom. The number of aryl methyl sites for hydroxylation is 1. The predicted molar refractivity (Wildman–Crippen MR) is 75.2 cm³/mol. The molecule has 0 saturated heterocycles. The number of nitrogens with zero attached hydrogens (tertiary/aromatic N) is 2. The summed E-state index contributed by atoms with van der Waals surface area (Å²) in [4.78, 5) is 13.9. The first-order valence-electron chi connectivity index (χ1n) is 6.64. The maximum atomic E-state index is 11.6. The van der Waals surface area contributed by atoms with Crippen LogP contribution in [0, 0.1) is 6.92 Å². The zero-order valence-electron chi connectivity index (χ0n) is 12.4. The molecule has 0 bridgehead atoms. The molecule has 1 heterocycles. The van der Waals surface area contributed by atoms with E-state index in [-0.39, 0.29) is 6.03 Å². The molecular weight excluding hydrogens is 244 g/mol. The van der Waals surface area contributed by atoms with Crippen molar-refractivity contribution >= 4 is 11.8 Å². The Balaban J connectivity index is 2.30. The molecule has 0 atom stereocenters. The summed E-state index contributed by atoms with van der Waals surface area (Å²) in [6.07, 6.45) is 0. The standard InChI is InChI=1S/C13H24N4O2/c1-9(2)17(10(3)4)7-6-14-13(18)15-12-8-11(5)19-16-12/h8-10H,6-7H2,1-5H3,(H2,14,15,16,18). The van der Waals surface area contributed by atoms with Crippen molar-refractivity contribution in [2.24, 2.45) is 0 Å². The van der Waals surface area contributed by atoms with Crippen LogP contribution in [0.5, 0.6) is 0 Å². The molecule has 1 aromatic heterocycles. The molecule has 6 nitrogen and oxygen atoms in total. The molecule has 1 aromatic rings. The highest BCUT2D eigenvalue weighted by molar-refractivity contribution is 5.88. The summed E-state index contributed by atoms with van der Waals surface area (Å²) in [5.74, 6) is 1.10. The van der Waals surface area contributed by atoms with Gasteiger partial charge in [-0.3, -0.25) is 10.2 Å². The topological polar surface area (TPSA) is 70.4 Å². The van der Waals surface area contributed by atoms with Crippen molar-refractivity contribution in [3.05, 3.63) is 11.8 Å². The van der Waals surface area contributed by atoms with Crippen LogP contribution in [0.15, 0.2) is 10.6 Å². The summed E-state index contributed by atoms with van der Waals surface area (Å²) < 4.78 is 4.87. The van der Waals surface area contributed by atoms with E-state index in [9.17, 15) is 4.79 Å². The Morgan fingerprint density at radius 2 is 2.00 bits per heavy atom. The summed E-state index contributed by atoms with van der Waals surface area (Å²) in [5.41, 5.74) is 0. The first-order valence-corrected chi connectivity index (χ1v) is 6.64. The minimum Gasteiger partial charge on any atom is -0.360 e. The fourth-order valence-corrected chi connectivity index (χ4v) is 2.00. The van der Waals surface area contributed by atoms with Crippen LogP contribution in [0.1, 0.15) is 33.5 Å². The van der Waals surface area contributed by atoms with Crippen molar-refractivity contribution in [3.63, 3.8) is 0 Å². The lowest BCUT2D eigenvalue weighted by atomic mass is 10.2. The molecule has 0 saturated carbocycles. The van der Waals surface area contributed by atoms with E-state index in [4.69, 9.17) is 4.52 Å². The number of carbonyl (C=O) groups excluding carboxylic acids is 1. The van der Waals surface area contributed by atoms with Gasteiger partial charge in [-0.2, -0.15) is 0 Å². The molecule has 2 amide bonds. The molecule has 0 aliphatic heterocycles. The molecule has 108 valence electrons. The van der Waals surface area contributed by atoms with Gasteiger partial charge in [-0.05, 0) is 34.6 Å². The summed E-state index contributed by atoms with van der Waals surface area (Å²) in [6.45, 7) is 11.8. The molecule has 1 rings (SSSR count). The normalized spacial score (nSPS) is 11.4. The number of aromatic nitrogens is 1. The maximum absolute atomic E-state index is 11.6. The van der Waals surface area contributed by atoms with Crippen LogP contribution >= 0.6 is 0 Å². The first-order chi connectivity index (χ1) is 8.90. The van der Waals surface area contributed by atoms with Gasteiger partial charge in [0.05, 0.1) is 0 Å². The number of anilines is 1. The third-order valence-corrected chi connectivity index (χ3v) is 2.85. The fraction of sp³-hybridized carbons (Fsp3) is 0.692. The second kappa shape index (κ2) is 7.13. The van der Waals surface area contributed by atoms with Gasteiger partial charge in [0.25, 0.3) is 0 Å². The lowest BCUT2D eigenvalue weighted by molar-refractivity contribution is 0.176. The number of urea groups is 1. The second-order valence-corrected chi connectivity index (χ2v) is 5.13. The van der Waals surface area contributed by atoms with Crippen LogP contribution in [-0.4, -0.2) is 41.3 Å². The summed E-state index contributed by atoms with van der Waals surface area (Å²) in [6, 6.07) is 2.33. The average molecular weight is 268 g/mol. The number of nitrogens with one attached hydrogen (secondary N) is 2. The molecule has 19 heavy (non-hydrogen) atoms. The van der Waals surface area contributed by atoms with Gasteiger partial charge < -0.3 is 9.84 Å². The highest BCUT2D eigenvalue weighted by Crippen LogP contribution is 2.06. The van der Waals surface area contributed by atoms with E-state index in [1.54, 1.807) is 13.0 Å². The molecule has 0 radical (unpaired) electrons. The first kappa shape index (κ1) is 15.5. The number of carbonyl (C=O) groups is 1. The van der Waals surface area contributed by atoms with Crippen LogP contribution in [0.3, 0.4) is 0 Å². The molecule has 2 N–H and O–H groups in total. The van der Waals surface area contributed by atoms with Crippen molar-refractivity contribution in [1.29, 1.82) is 0 Å². The quantitative estimate of drug-likeness (QED) is 0.830. The van der Waals surface area contributed by atoms with E-state index in [0.717, 1.165) is 6.54 Å². The zero-order chi connectivity index (χ0) is 14.4. The predicted octanol–water partition coefficient (Wildman–Crippen LogP) is 2.22. The number of rotatable bonds is 6. The van der Waals surface area contributed by atoms with Gasteiger partial charge >= 0.3 is 6.03 Å². The minimum atomic E-state index is -0.263. The van der Waals surface area contributed by atoms with Gasteiger partial charge in [-0.1, -0.05) is 5.16 Å². The van der Waals surface area contributed by atoms with E-state index in [1.165, 1.54) is 0 Å². The largest absolute Gasteiger partial charge is 0.360 e. The summed E-state index contributed by atoms with van der Waals surface area (Å²) in [5, 5.41) is 9.13. The second-order valence-electron chi connectivity index (χ2n) is 5.13. The number of hydrogen-bond donors (Lipinski definition) is 2. The van der Waals surface area contributed by atoms with Gasteiger partial charge in [0.2, 0.25) is 0 Å². The Bertz CT molecular complexity index is 393. The molecule has 6 heteroatoms. The summed E-state index contributed by atoms with van der Waals surface area (Å²) >= 11 is 0. The molecule has 0 aliphatic carbocycles. The lowest BCUT2D eigenvalue weighted by Crippen LogP contribution is -2.43. The van der Waals surface area contributed by atoms with Gasteiger partial charge in [0.15, 0.2) is 5.82 Å². The Labute approximate surface area is 114 Å². The maximum Gasteiger partial charge on any atom is 0.320 e. The SMILES string of the molecule is Cc1cc(NC(=O)NCCN(C(C)C)C(C)C)no1. The highest BCUT2D eigenvalue weighted by Gasteiger charge is 2.13. The van der Waals surface area contributed by atoms with Crippen molar-refractivity contribution < 1.29 is 9.32 Å². The van der Waals surface area contributed by atoms with Crippen molar-refractivity contribution in [3.8, 4) is 0 Å². The Kier molecular flexibility index (Phi) is 5.82. The third kappa shape index (κ3) is 5.30. The van der Waals surface area contributed by atoms with Crippen LogP contribution < -0.4 is 10.6 Å². The number of amides is 2. The van der Waals surface area contributed by atoms with Gasteiger partial charge in [0.1, 0.15) is 5.76 Å². The fourth-order valence-electron chi connectivity index (χ4n) is 2.00.